The van der Waals surface area contributed by atoms with E-state index in [1.165, 1.54) is 0 Å². The molecule has 0 saturated heterocycles. The van der Waals surface area contributed by atoms with Crippen LogP contribution in [0, 0.1) is 13.3 Å². The summed E-state index contributed by atoms with van der Waals surface area (Å²) in [6.45, 7) is 1.98. The lowest BCUT2D eigenvalue weighted by molar-refractivity contribution is 1.01. The van der Waals surface area contributed by atoms with Gasteiger partial charge in [-0.15, -0.1) is 0 Å². The number of aromatic nitrogens is 2. The van der Waals surface area contributed by atoms with Gasteiger partial charge in [0.2, 0.25) is 0 Å². The van der Waals surface area contributed by atoms with E-state index in [1.54, 1.807) is 6.20 Å². The van der Waals surface area contributed by atoms with Gasteiger partial charge in [0.25, 0.3) is 0 Å². The van der Waals surface area contributed by atoms with E-state index < -0.39 is 0 Å². The molecule has 0 atom stereocenters. The average Bonchev–Trinajstić information content (AvgIpc) is 1.88. The number of aryl methyl sites for hydroxylation is 1. The van der Waals surface area contributed by atoms with Crippen molar-refractivity contribution in [3.8, 4) is 0 Å². The molecular weight excluding hydrogens is 126 g/mol. The van der Waals surface area contributed by atoms with Gasteiger partial charge in [0, 0.05) is 25.9 Å². The van der Waals surface area contributed by atoms with E-state index in [9.17, 15) is 0 Å². The van der Waals surface area contributed by atoms with Crippen molar-refractivity contribution in [3.63, 3.8) is 0 Å². The van der Waals surface area contributed by atoms with E-state index in [0.29, 0.717) is 0 Å². The fourth-order valence-corrected chi connectivity index (χ4v) is 0.801. The minimum Gasteiger partial charge on any atom is -0.362 e. The van der Waals surface area contributed by atoms with Crippen molar-refractivity contribution in [1.29, 1.82) is 0 Å². The standard InChI is InChI=1S/C7H10N3/c1-6-4-8-5-9-7(6)10(2)3/h4H,1-3H3. The Morgan fingerprint density at radius 1 is 1.50 bits per heavy atom. The van der Waals surface area contributed by atoms with E-state index in [4.69, 9.17) is 0 Å². The van der Waals surface area contributed by atoms with Crippen LogP contribution in [-0.2, 0) is 0 Å². The summed E-state index contributed by atoms with van der Waals surface area (Å²) in [7, 11) is 3.90. The van der Waals surface area contributed by atoms with Crippen LogP contribution in [0.15, 0.2) is 6.20 Å². The Balaban J connectivity index is 3.03. The molecule has 0 saturated carbocycles. The van der Waals surface area contributed by atoms with E-state index in [-0.39, 0.29) is 0 Å². The summed E-state index contributed by atoms with van der Waals surface area (Å²) in [6.07, 6.45) is 4.29. The lowest BCUT2D eigenvalue weighted by Crippen LogP contribution is -2.12. The van der Waals surface area contributed by atoms with Crippen molar-refractivity contribution in [2.45, 2.75) is 6.92 Å². The van der Waals surface area contributed by atoms with E-state index in [1.807, 2.05) is 25.9 Å². The summed E-state index contributed by atoms with van der Waals surface area (Å²) in [5.74, 6) is 0.926. The zero-order valence-electron chi connectivity index (χ0n) is 6.42. The Bertz CT molecular complexity index is 220. The molecule has 53 valence electrons. The molecule has 0 amide bonds. The quantitative estimate of drug-likeness (QED) is 0.567. The highest BCUT2D eigenvalue weighted by molar-refractivity contribution is 5.42. The molecule has 0 aliphatic rings. The molecule has 10 heavy (non-hydrogen) atoms. The number of anilines is 1. The second-order valence-corrected chi connectivity index (χ2v) is 2.37. The molecule has 0 N–H and O–H groups in total. The minimum atomic E-state index is 0.926. The second-order valence-electron chi connectivity index (χ2n) is 2.37. The fourth-order valence-electron chi connectivity index (χ4n) is 0.801. The second kappa shape index (κ2) is 2.64. The summed E-state index contributed by atoms with van der Waals surface area (Å²) in [5.41, 5.74) is 1.07. The third-order valence-electron chi connectivity index (χ3n) is 1.25. The van der Waals surface area contributed by atoms with Gasteiger partial charge in [0.15, 0.2) is 6.33 Å². The van der Waals surface area contributed by atoms with Crippen LogP contribution in [-0.4, -0.2) is 24.1 Å². The molecule has 0 spiro atoms. The first-order chi connectivity index (χ1) is 4.72. The predicted molar refractivity (Wildman–Crippen MR) is 39.9 cm³/mol. The van der Waals surface area contributed by atoms with Crippen molar-refractivity contribution in [3.05, 3.63) is 18.1 Å². The lowest BCUT2D eigenvalue weighted by atomic mass is 10.3. The van der Waals surface area contributed by atoms with Crippen LogP contribution in [0.2, 0.25) is 0 Å². The van der Waals surface area contributed by atoms with Gasteiger partial charge in [0.1, 0.15) is 5.82 Å². The maximum atomic E-state index is 3.97. The lowest BCUT2D eigenvalue weighted by Gasteiger charge is -2.11. The topological polar surface area (TPSA) is 29.0 Å². The monoisotopic (exact) mass is 136 g/mol. The molecule has 0 aliphatic carbocycles. The summed E-state index contributed by atoms with van der Waals surface area (Å²) in [5, 5.41) is 0. The molecule has 1 radical (unpaired) electrons. The molecule has 0 bridgehead atoms. The first-order valence-corrected chi connectivity index (χ1v) is 3.09. The van der Waals surface area contributed by atoms with Crippen LogP contribution in [0.1, 0.15) is 5.56 Å². The largest absolute Gasteiger partial charge is 0.362 e. The fraction of sp³-hybridized carbons (Fsp3) is 0.429. The Kier molecular flexibility index (Phi) is 1.85. The van der Waals surface area contributed by atoms with Crippen molar-refractivity contribution >= 4 is 5.82 Å². The number of rotatable bonds is 1. The smallest absolute Gasteiger partial charge is 0.199 e. The SMILES string of the molecule is Cc1cn[c]nc1N(C)C. The Hall–Kier alpha value is -1.12. The summed E-state index contributed by atoms with van der Waals surface area (Å²) in [6, 6.07) is 0. The first kappa shape index (κ1) is 6.99. The minimum absolute atomic E-state index is 0.926. The van der Waals surface area contributed by atoms with Gasteiger partial charge in [-0.05, 0) is 6.92 Å². The molecule has 1 aromatic heterocycles. The average molecular weight is 136 g/mol. The van der Waals surface area contributed by atoms with Gasteiger partial charge in [0.05, 0.1) is 0 Å². The van der Waals surface area contributed by atoms with Crippen LogP contribution >= 0.6 is 0 Å². The van der Waals surface area contributed by atoms with Crippen LogP contribution < -0.4 is 4.90 Å². The normalized spacial score (nSPS) is 9.50. The molecule has 0 unspecified atom stereocenters. The third-order valence-corrected chi connectivity index (χ3v) is 1.25. The highest BCUT2D eigenvalue weighted by atomic mass is 15.1. The van der Waals surface area contributed by atoms with Gasteiger partial charge >= 0.3 is 0 Å². The van der Waals surface area contributed by atoms with Gasteiger partial charge < -0.3 is 4.90 Å². The van der Waals surface area contributed by atoms with Gasteiger partial charge in [-0.3, -0.25) is 0 Å². The molecular formula is C7H10N3. The van der Waals surface area contributed by atoms with Crippen LogP contribution in [0.4, 0.5) is 5.82 Å². The third kappa shape index (κ3) is 1.23. The molecule has 0 aromatic carbocycles. The number of hydrogen-bond donors (Lipinski definition) is 0. The zero-order valence-corrected chi connectivity index (χ0v) is 6.42. The molecule has 1 aromatic rings. The Morgan fingerprint density at radius 2 is 2.20 bits per heavy atom. The Morgan fingerprint density at radius 3 is 2.60 bits per heavy atom. The summed E-state index contributed by atoms with van der Waals surface area (Å²) < 4.78 is 0. The van der Waals surface area contributed by atoms with Crippen molar-refractivity contribution in [2.24, 2.45) is 0 Å². The number of nitrogens with zero attached hydrogens (tertiary/aromatic N) is 3. The molecule has 3 nitrogen and oxygen atoms in total. The molecule has 1 rings (SSSR count). The molecule has 1 heterocycles. The van der Waals surface area contributed by atoms with Gasteiger partial charge in [-0.25, -0.2) is 9.97 Å². The van der Waals surface area contributed by atoms with Gasteiger partial charge in [-0.1, -0.05) is 0 Å². The predicted octanol–water partition coefficient (Wildman–Crippen LogP) is 0.651. The molecule has 0 aliphatic heterocycles. The van der Waals surface area contributed by atoms with Crippen LogP contribution in [0.3, 0.4) is 0 Å². The number of hydrogen-bond acceptors (Lipinski definition) is 3. The van der Waals surface area contributed by atoms with Crippen molar-refractivity contribution in [2.75, 3.05) is 19.0 Å². The van der Waals surface area contributed by atoms with Crippen molar-refractivity contribution < 1.29 is 0 Å². The Labute approximate surface area is 60.7 Å². The molecule has 3 heteroatoms. The molecule has 0 fully saturated rings. The maximum Gasteiger partial charge on any atom is 0.199 e. The highest BCUT2D eigenvalue weighted by Crippen LogP contribution is 2.09. The van der Waals surface area contributed by atoms with Gasteiger partial charge in [-0.2, -0.15) is 0 Å². The van der Waals surface area contributed by atoms with Crippen molar-refractivity contribution in [1.82, 2.24) is 9.97 Å². The van der Waals surface area contributed by atoms with Crippen LogP contribution in [0.5, 0.6) is 0 Å². The van der Waals surface area contributed by atoms with E-state index in [0.717, 1.165) is 11.4 Å². The highest BCUT2D eigenvalue weighted by Gasteiger charge is 1.98. The van der Waals surface area contributed by atoms with E-state index >= 15 is 0 Å². The van der Waals surface area contributed by atoms with Crippen LogP contribution in [0.25, 0.3) is 0 Å². The maximum absolute atomic E-state index is 3.97. The first-order valence-electron chi connectivity index (χ1n) is 3.09. The zero-order chi connectivity index (χ0) is 7.56. The van der Waals surface area contributed by atoms with E-state index in [2.05, 4.69) is 16.3 Å². The summed E-state index contributed by atoms with van der Waals surface area (Å²) in [4.78, 5) is 9.67. The summed E-state index contributed by atoms with van der Waals surface area (Å²) >= 11 is 0.